The molecule has 0 saturated carbocycles. The van der Waals surface area contributed by atoms with Gasteiger partial charge in [0.15, 0.2) is 0 Å². The third kappa shape index (κ3) is 2.46. The average Bonchev–Trinajstić information content (AvgIpc) is 2.47. The van der Waals surface area contributed by atoms with Crippen LogP contribution in [0.5, 0.6) is 0 Å². The summed E-state index contributed by atoms with van der Waals surface area (Å²) in [7, 11) is 0. The third-order valence-corrected chi connectivity index (χ3v) is 3.60. The van der Waals surface area contributed by atoms with Crippen LogP contribution in [-0.4, -0.2) is 5.11 Å². The van der Waals surface area contributed by atoms with Gasteiger partial charge < -0.3 is 9.52 Å². The maximum absolute atomic E-state index is 12.1. The van der Waals surface area contributed by atoms with Crippen LogP contribution in [0.1, 0.15) is 18.8 Å². The number of halogens is 1. The summed E-state index contributed by atoms with van der Waals surface area (Å²) < 4.78 is 5.33. The Kier molecular flexibility index (Phi) is 3.53. The molecule has 0 radical (unpaired) electrons. The van der Waals surface area contributed by atoms with Gasteiger partial charge in [-0.15, -0.1) is 0 Å². The Morgan fingerprint density at radius 3 is 2.48 bits per heavy atom. The molecule has 3 rings (SSSR count). The van der Waals surface area contributed by atoms with Crippen molar-refractivity contribution in [1.29, 1.82) is 0 Å². The van der Waals surface area contributed by atoms with E-state index >= 15 is 0 Å². The van der Waals surface area contributed by atoms with E-state index in [-0.39, 0.29) is 5.76 Å². The molecule has 0 spiro atoms. The van der Waals surface area contributed by atoms with E-state index in [9.17, 15) is 9.90 Å². The molecule has 2 aromatic carbocycles. The lowest BCUT2D eigenvalue weighted by Gasteiger charge is -2.13. The molecule has 0 fully saturated rings. The molecule has 21 heavy (non-hydrogen) atoms. The van der Waals surface area contributed by atoms with Gasteiger partial charge in [0.25, 0.3) is 0 Å². The second kappa shape index (κ2) is 5.35. The monoisotopic (exact) mass is 300 g/mol. The first kappa shape index (κ1) is 13.9. The van der Waals surface area contributed by atoms with Gasteiger partial charge in [0, 0.05) is 16.0 Å². The van der Waals surface area contributed by atoms with Gasteiger partial charge in [0.05, 0.1) is 5.39 Å². The third-order valence-electron chi connectivity index (χ3n) is 3.36. The second-order valence-electron chi connectivity index (χ2n) is 4.86. The molecule has 1 unspecified atom stereocenters. The summed E-state index contributed by atoms with van der Waals surface area (Å²) in [6.45, 7) is 1.57. The van der Waals surface area contributed by atoms with Crippen molar-refractivity contribution in [2.45, 2.75) is 13.0 Å². The number of benzene rings is 2. The van der Waals surface area contributed by atoms with E-state index in [1.807, 2.05) is 30.3 Å². The molecule has 1 aromatic heterocycles. The molecular formula is C17H13ClO3. The predicted molar refractivity (Wildman–Crippen MR) is 83.6 cm³/mol. The zero-order chi connectivity index (χ0) is 15.0. The van der Waals surface area contributed by atoms with Crippen molar-refractivity contribution in [3.8, 4) is 11.1 Å². The van der Waals surface area contributed by atoms with Crippen molar-refractivity contribution >= 4 is 22.4 Å². The molecule has 0 bridgehead atoms. The molecule has 3 nitrogen and oxygen atoms in total. The minimum absolute atomic E-state index is 0.251. The van der Waals surface area contributed by atoms with Crippen LogP contribution in [-0.2, 0) is 0 Å². The highest BCUT2D eigenvalue weighted by Crippen LogP contribution is 2.34. The van der Waals surface area contributed by atoms with Crippen LogP contribution in [0, 0.1) is 0 Å². The summed E-state index contributed by atoms with van der Waals surface area (Å²) in [5.41, 5.74) is 1.09. The van der Waals surface area contributed by atoms with Crippen LogP contribution in [0.25, 0.3) is 21.9 Å². The summed E-state index contributed by atoms with van der Waals surface area (Å²) in [5.74, 6) is 0.251. The van der Waals surface area contributed by atoms with Gasteiger partial charge >= 0.3 is 5.63 Å². The van der Waals surface area contributed by atoms with Gasteiger partial charge in [-0.25, -0.2) is 4.79 Å². The van der Waals surface area contributed by atoms with E-state index in [1.54, 1.807) is 25.1 Å². The van der Waals surface area contributed by atoms with Gasteiger partial charge in [-0.3, -0.25) is 0 Å². The first-order chi connectivity index (χ1) is 10.1. The van der Waals surface area contributed by atoms with E-state index in [1.165, 1.54) is 0 Å². The van der Waals surface area contributed by atoms with Crippen molar-refractivity contribution in [2.75, 3.05) is 0 Å². The number of aliphatic hydroxyl groups excluding tert-OH is 1. The Labute approximate surface area is 126 Å². The summed E-state index contributed by atoms with van der Waals surface area (Å²) in [6.07, 6.45) is -0.892. The van der Waals surface area contributed by atoms with Gasteiger partial charge in [-0.2, -0.15) is 0 Å². The fraction of sp³-hybridized carbons (Fsp3) is 0.118. The van der Waals surface area contributed by atoms with Crippen molar-refractivity contribution in [3.63, 3.8) is 0 Å². The lowest BCUT2D eigenvalue weighted by atomic mass is 9.97. The zero-order valence-corrected chi connectivity index (χ0v) is 12.1. The van der Waals surface area contributed by atoms with Crippen LogP contribution in [0.2, 0.25) is 5.02 Å². The Morgan fingerprint density at radius 1 is 1.10 bits per heavy atom. The molecule has 3 aromatic rings. The van der Waals surface area contributed by atoms with Crippen molar-refractivity contribution in [1.82, 2.24) is 0 Å². The summed E-state index contributed by atoms with van der Waals surface area (Å²) in [6, 6.07) is 14.5. The maximum atomic E-state index is 12.1. The molecular weight excluding hydrogens is 288 g/mol. The van der Waals surface area contributed by atoms with E-state index in [2.05, 4.69) is 0 Å². The number of fused-ring (bicyclic) bond motifs is 1. The second-order valence-corrected chi connectivity index (χ2v) is 5.30. The van der Waals surface area contributed by atoms with Crippen LogP contribution >= 0.6 is 11.6 Å². The molecule has 4 heteroatoms. The van der Waals surface area contributed by atoms with Crippen LogP contribution < -0.4 is 5.63 Å². The molecule has 1 heterocycles. The summed E-state index contributed by atoms with van der Waals surface area (Å²) >= 11 is 6.07. The number of rotatable bonds is 2. The molecule has 0 aliphatic heterocycles. The average molecular weight is 301 g/mol. The Bertz CT molecular complexity index is 851. The predicted octanol–water partition coefficient (Wildman–Crippen LogP) is 4.17. The number of hydrogen-bond acceptors (Lipinski definition) is 3. The molecule has 0 amide bonds. The molecule has 106 valence electrons. The van der Waals surface area contributed by atoms with Gasteiger partial charge in [0.2, 0.25) is 0 Å². The molecule has 1 atom stereocenters. The molecule has 0 aliphatic rings. The normalized spacial score (nSPS) is 12.5. The fourth-order valence-corrected chi connectivity index (χ4v) is 2.61. The van der Waals surface area contributed by atoms with E-state index in [0.717, 1.165) is 5.56 Å². The minimum Gasteiger partial charge on any atom is -0.424 e. The van der Waals surface area contributed by atoms with Gasteiger partial charge in [0.1, 0.15) is 11.9 Å². The van der Waals surface area contributed by atoms with E-state index in [0.29, 0.717) is 21.4 Å². The van der Waals surface area contributed by atoms with Crippen molar-refractivity contribution < 1.29 is 9.52 Å². The topological polar surface area (TPSA) is 50.4 Å². The van der Waals surface area contributed by atoms with E-state index in [4.69, 9.17) is 16.0 Å². The first-order valence-corrected chi connectivity index (χ1v) is 6.95. The largest absolute Gasteiger partial charge is 0.424 e. The number of hydrogen-bond donors (Lipinski definition) is 1. The quantitative estimate of drug-likeness (QED) is 0.773. The Balaban J connectivity index is 2.49. The highest BCUT2D eigenvalue weighted by atomic mass is 35.5. The molecule has 1 N–H and O–H groups in total. The summed E-state index contributed by atoms with van der Waals surface area (Å²) in [4.78, 5) is 12.1. The lowest BCUT2D eigenvalue weighted by Crippen LogP contribution is -2.07. The summed E-state index contributed by atoms with van der Waals surface area (Å²) in [5, 5.41) is 11.6. The maximum Gasteiger partial charge on any atom is 0.343 e. The highest BCUT2D eigenvalue weighted by Gasteiger charge is 2.19. The lowest BCUT2D eigenvalue weighted by molar-refractivity contribution is 0.166. The van der Waals surface area contributed by atoms with E-state index < -0.39 is 11.7 Å². The Morgan fingerprint density at radius 2 is 1.81 bits per heavy atom. The SMILES string of the molecule is CC(O)c1oc(=O)c2ccc(Cl)cc2c1-c1ccccc1. The highest BCUT2D eigenvalue weighted by molar-refractivity contribution is 6.31. The number of aliphatic hydroxyl groups is 1. The molecule has 0 saturated heterocycles. The standard InChI is InChI=1S/C17H13ClO3/c1-10(19)16-15(11-5-3-2-4-6-11)14-9-12(18)7-8-13(14)17(20)21-16/h2-10,19H,1H3. The van der Waals surface area contributed by atoms with Crippen LogP contribution in [0.15, 0.2) is 57.7 Å². The van der Waals surface area contributed by atoms with Crippen molar-refractivity contribution in [3.05, 3.63) is 69.7 Å². The smallest absolute Gasteiger partial charge is 0.343 e. The molecule has 0 aliphatic carbocycles. The van der Waals surface area contributed by atoms with Crippen molar-refractivity contribution in [2.24, 2.45) is 0 Å². The van der Waals surface area contributed by atoms with Gasteiger partial charge in [-0.1, -0.05) is 41.9 Å². The van der Waals surface area contributed by atoms with Crippen LogP contribution in [0.4, 0.5) is 0 Å². The van der Waals surface area contributed by atoms with Gasteiger partial charge in [-0.05, 0) is 30.7 Å². The first-order valence-electron chi connectivity index (χ1n) is 6.57. The minimum atomic E-state index is -0.892. The zero-order valence-electron chi connectivity index (χ0n) is 11.3. The van der Waals surface area contributed by atoms with Crippen LogP contribution in [0.3, 0.4) is 0 Å². The Hall–Kier alpha value is -2.10. The fourth-order valence-electron chi connectivity index (χ4n) is 2.44.